The van der Waals surface area contributed by atoms with E-state index in [1.807, 2.05) is 35.7 Å². The molecular formula is C19H11Br2N3O2S. The molecule has 0 radical (unpaired) electrons. The molecule has 0 atom stereocenters. The van der Waals surface area contributed by atoms with Crippen molar-refractivity contribution in [1.82, 2.24) is 9.66 Å². The highest BCUT2D eigenvalue weighted by Gasteiger charge is 2.13. The van der Waals surface area contributed by atoms with E-state index in [0.29, 0.717) is 20.3 Å². The number of phenols is 1. The predicted octanol–water partition coefficient (Wildman–Crippen LogP) is 5.24. The molecule has 2 aromatic carbocycles. The van der Waals surface area contributed by atoms with Gasteiger partial charge < -0.3 is 5.11 Å². The molecule has 4 aromatic rings. The van der Waals surface area contributed by atoms with Crippen LogP contribution in [0.3, 0.4) is 0 Å². The second-order valence-electron chi connectivity index (χ2n) is 5.66. The summed E-state index contributed by atoms with van der Waals surface area (Å²) in [7, 11) is 0. The zero-order valence-electron chi connectivity index (χ0n) is 13.6. The first-order valence-corrected chi connectivity index (χ1v) is 10.3. The van der Waals surface area contributed by atoms with E-state index >= 15 is 0 Å². The van der Waals surface area contributed by atoms with Gasteiger partial charge in [0.2, 0.25) is 0 Å². The first-order valence-electron chi connectivity index (χ1n) is 7.81. The Labute approximate surface area is 174 Å². The Bertz CT molecular complexity index is 1230. The molecule has 134 valence electrons. The van der Waals surface area contributed by atoms with Crippen molar-refractivity contribution in [3.8, 4) is 16.9 Å². The second kappa shape index (κ2) is 7.38. The molecular weight excluding hydrogens is 494 g/mol. The molecule has 0 spiro atoms. The van der Waals surface area contributed by atoms with Crippen molar-refractivity contribution in [2.24, 2.45) is 5.10 Å². The van der Waals surface area contributed by atoms with Crippen LogP contribution in [0.1, 0.15) is 5.56 Å². The smallest absolute Gasteiger partial charge is 0.283 e. The van der Waals surface area contributed by atoms with Crippen LogP contribution in [-0.2, 0) is 0 Å². The normalized spacial score (nSPS) is 11.5. The average molecular weight is 505 g/mol. The summed E-state index contributed by atoms with van der Waals surface area (Å²) in [5, 5.41) is 16.8. The largest absolute Gasteiger partial charge is 0.506 e. The molecule has 0 aliphatic carbocycles. The minimum absolute atomic E-state index is 0.0459. The molecule has 0 bridgehead atoms. The molecule has 4 rings (SSSR count). The van der Waals surface area contributed by atoms with Gasteiger partial charge in [0.15, 0.2) is 0 Å². The van der Waals surface area contributed by atoms with Crippen LogP contribution < -0.4 is 5.56 Å². The van der Waals surface area contributed by atoms with Gasteiger partial charge >= 0.3 is 0 Å². The van der Waals surface area contributed by atoms with Crippen molar-refractivity contribution in [2.75, 3.05) is 0 Å². The standard InChI is InChI=1S/C19H11Br2N3O2S/c20-13-6-12(17(25)15(21)7-13)8-23-24-10-22-18-16(19(24)26)14(9-27-18)11-4-2-1-3-5-11/h1-10,25H/b23-8-. The van der Waals surface area contributed by atoms with Gasteiger partial charge in [-0.25, -0.2) is 4.98 Å². The van der Waals surface area contributed by atoms with Gasteiger partial charge in [-0.2, -0.15) is 9.78 Å². The van der Waals surface area contributed by atoms with Crippen LogP contribution in [0.2, 0.25) is 0 Å². The van der Waals surface area contributed by atoms with Gasteiger partial charge in [0.1, 0.15) is 16.9 Å². The molecule has 27 heavy (non-hydrogen) atoms. The fraction of sp³-hybridized carbons (Fsp3) is 0. The van der Waals surface area contributed by atoms with E-state index in [1.54, 1.807) is 12.1 Å². The summed E-state index contributed by atoms with van der Waals surface area (Å²) in [6, 6.07) is 13.1. The van der Waals surface area contributed by atoms with Crippen LogP contribution in [-0.4, -0.2) is 21.0 Å². The Morgan fingerprint density at radius 2 is 1.96 bits per heavy atom. The molecule has 1 N–H and O–H groups in total. The Kier molecular flexibility index (Phi) is 4.94. The lowest BCUT2D eigenvalue weighted by atomic mass is 10.1. The number of benzene rings is 2. The molecule has 0 unspecified atom stereocenters. The molecule has 0 fully saturated rings. The first-order chi connectivity index (χ1) is 13.0. The van der Waals surface area contributed by atoms with Crippen molar-refractivity contribution in [3.63, 3.8) is 0 Å². The third-order valence-electron chi connectivity index (χ3n) is 3.94. The molecule has 0 aliphatic heterocycles. The molecule has 2 heterocycles. The van der Waals surface area contributed by atoms with Gasteiger partial charge in [-0.05, 0) is 33.6 Å². The van der Waals surface area contributed by atoms with Crippen LogP contribution >= 0.6 is 43.2 Å². The van der Waals surface area contributed by atoms with Crippen LogP contribution in [0, 0.1) is 0 Å². The number of aromatic hydroxyl groups is 1. The summed E-state index contributed by atoms with van der Waals surface area (Å²) in [4.78, 5) is 18.0. The number of phenolic OH excluding ortho intramolecular Hbond substituents is 1. The van der Waals surface area contributed by atoms with Crippen LogP contribution in [0.15, 0.2) is 73.0 Å². The Morgan fingerprint density at radius 1 is 1.19 bits per heavy atom. The van der Waals surface area contributed by atoms with Crippen molar-refractivity contribution in [2.45, 2.75) is 0 Å². The zero-order chi connectivity index (χ0) is 19.0. The fourth-order valence-corrected chi connectivity index (χ4v) is 4.81. The summed E-state index contributed by atoms with van der Waals surface area (Å²) >= 11 is 8.07. The van der Waals surface area contributed by atoms with Gasteiger partial charge in [-0.15, -0.1) is 11.3 Å². The molecule has 5 nitrogen and oxygen atoms in total. The fourth-order valence-electron chi connectivity index (χ4n) is 2.64. The van der Waals surface area contributed by atoms with Gasteiger partial charge in [-0.1, -0.05) is 46.3 Å². The molecule has 8 heteroatoms. The van der Waals surface area contributed by atoms with Crippen molar-refractivity contribution in [1.29, 1.82) is 0 Å². The topological polar surface area (TPSA) is 67.5 Å². The third-order valence-corrected chi connectivity index (χ3v) is 5.89. The quantitative estimate of drug-likeness (QED) is 0.388. The SMILES string of the molecule is O=c1c2c(-c3ccccc3)csc2ncn1/N=C\c1cc(Br)cc(Br)c1O. The number of rotatable bonds is 3. The van der Waals surface area contributed by atoms with E-state index in [4.69, 9.17) is 0 Å². The van der Waals surface area contributed by atoms with Gasteiger partial charge in [0.05, 0.1) is 16.1 Å². The summed E-state index contributed by atoms with van der Waals surface area (Å²) < 4.78 is 2.48. The van der Waals surface area contributed by atoms with Crippen molar-refractivity contribution in [3.05, 3.63) is 79.0 Å². The average Bonchev–Trinajstić information content (AvgIpc) is 3.10. The molecule has 0 amide bonds. The van der Waals surface area contributed by atoms with Gasteiger partial charge in [0, 0.05) is 21.0 Å². The van der Waals surface area contributed by atoms with Gasteiger partial charge in [0.25, 0.3) is 5.56 Å². The Hall–Kier alpha value is -2.29. The molecule has 2 aromatic heterocycles. The number of nitrogens with zero attached hydrogens (tertiary/aromatic N) is 3. The lowest BCUT2D eigenvalue weighted by molar-refractivity contribution is 0.471. The molecule has 0 aliphatic rings. The summed E-state index contributed by atoms with van der Waals surface area (Å²) in [6.07, 6.45) is 2.81. The minimum Gasteiger partial charge on any atom is -0.506 e. The molecule has 0 saturated heterocycles. The highest BCUT2D eigenvalue weighted by Crippen LogP contribution is 2.31. The zero-order valence-corrected chi connectivity index (χ0v) is 17.6. The number of hydrogen-bond donors (Lipinski definition) is 1. The van der Waals surface area contributed by atoms with E-state index in [2.05, 4.69) is 41.9 Å². The lowest BCUT2D eigenvalue weighted by Crippen LogP contribution is -2.16. The second-order valence-corrected chi connectivity index (χ2v) is 8.29. The van der Waals surface area contributed by atoms with E-state index in [9.17, 15) is 9.90 Å². The van der Waals surface area contributed by atoms with Crippen molar-refractivity contribution < 1.29 is 5.11 Å². The van der Waals surface area contributed by atoms with E-state index < -0.39 is 0 Å². The lowest BCUT2D eigenvalue weighted by Gasteiger charge is -2.04. The minimum atomic E-state index is -0.259. The highest BCUT2D eigenvalue weighted by atomic mass is 79.9. The van der Waals surface area contributed by atoms with E-state index in [0.717, 1.165) is 15.6 Å². The Balaban J connectivity index is 1.82. The Morgan fingerprint density at radius 3 is 2.74 bits per heavy atom. The highest BCUT2D eigenvalue weighted by molar-refractivity contribution is 9.11. The summed E-state index contributed by atoms with van der Waals surface area (Å²) in [5.74, 6) is 0.0459. The van der Waals surface area contributed by atoms with E-state index in [-0.39, 0.29) is 11.3 Å². The van der Waals surface area contributed by atoms with Crippen LogP contribution in [0.4, 0.5) is 0 Å². The maximum atomic E-state index is 13.0. The predicted molar refractivity (Wildman–Crippen MR) is 116 cm³/mol. The van der Waals surface area contributed by atoms with Crippen LogP contribution in [0.25, 0.3) is 21.3 Å². The number of aromatic nitrogens is 2. The number of hydrogen-bond acceptors (Lipinski definition) is 5. The maximum Gasteiger partial charge on any atom is 0.283 e. The third kappa shape index (κ3) is 3.47. The van der Waals surface area contributed by atoms with E-state index in [1.165, 1.54) is 28.6 Å². The van der Waals surface area contributed by atoms with Crippen LogP contribution in [0.5, 0.6) is 5.75 Å². The summed E-state index contributed by atoms with van der Waals surface area (Å²) in [6.45, 7) is 0. The number of fused-ring (bicyclic) bond motifs is 1. The van der Waals surface area contributed by atoms with Gasteiger partial charge in [-0.3, -0.25) is 4.79 Å². The summed E-state index contributed by atoms with van der Waals surface area (Å²) in [5.41, 5.74) is 2.00. The first kappa shape index (κ1) is 18.1. The van der Waals surface area contributed by atoms with Crippen molar-refractivity contribution >= 4 is 59.6 Å². The monoisotopic (exact) mass is 503 g/mol. The molecule has 0 saturated carbocycles. The number of thiophene rings is 1. The maximum absolute atomic E-state index is 13.0. The number of halogens is 2.